The number of alkyl halides is 3. The first-order valence-electron chi connectivity index (χ1n) is 7.20. The minimum absolute atomic E-state index is 0.167. The maximum Gasteiger partial charge on any atom is 0.223 e. The van der Waals surface area contributed by atoms with Gasteiger partial charge >= 0.3 is 0 Å². The van der Waals surface area contributed by atoms with Crippen molar-refractivity contribution in [1.82, 2.24) is 5.32 Å². The Morgan fingerprint density at radius 2 is 1.78 bits per heavy atom. The van der Waals surface area contributed by atoms with E-state index in [0.29, 0.717) is 0 Å². The van der Waals surface area contributed by atoms with Crippen molar-refractivity contribution in [3.63, 3.8) is 0 Å². The number of para-hydroxylation sites is 1. The van der Waals surface area contributed by atoms with E-state index in [1.807, 2.05) is 44.2 Å². The van der Waals surface area contributed by atoms with E-state index in [1.54, 1.807) is 6.26 Å². The monoisotopic (exact) mass is 374 g/mol. The molecule has 1 saturated heterocycles. The van der Waals surface area contributed by atoms with Crippen molar-refractivity contribution < 1.29 is 9.15 Å². The van der Waals surface area contributed by atoms with Gasteiger partial charge in [0.1, 0.15) is 18.2 Å². The van der Waals surface area contributed by atoms with Gasteiger partial charge < -0.3 is 14.5 Å². The van der Waals surface area contributed by atoms with Gasteiger partial charge in [-0.25, -0.2) is 0 Å². The van der Waals surface area contributed by atoms with Gasteiger partial charge in [0.25, 0.3) is 0 Å². The summed E-state index contributed by atoms with van der Waals surface area (Å²) in [7, 11) is 0. The normalized spacial score (nSPS) is 22.0. The summed E-state index contributed by atoms with van der Waals surface area (Å²) in [4.78, 5) is 0. The lowest BCUT2D eigenvalue weighted by atomic mass is 10.1. The van der Waals surface area contributed by atoms with Crippen molar-refractivity contribution in [3.05, 3.63) is 53.5 Å². The number of hydrogen-bond donors (Lipinski definition) is 2. The van der Waals surface area contributed by atoms with Crippen molar-refractivity contribution in [2.75, 3.05) is 5.32 Å². The van der Waals surface area contributed by atoms with Crippen LogP contribution in [0.15, 0.2) is 41.0 Å². The molecule has 4 nitrogen and oxygen atoms in total. The largest absolute Gasteiger partial charge is 0.466 e. The molecule has 0 amide bonds. The number of aryl methyl sites for hydroxylation is 2. The summed E-state index contributed by atoms with van der Waals surface area (Å²) < 4.78 is 9.34. The molecule has 0 aliphatic carbocycles. The fraction of sp³-hybridized carbons (Fsp3) is 0.375. The standard InChI is InChI=1S/C16H17Cl3N2O2/c1-9-5-3-6-10(2)12(9)20-15(16(17,18)19)21-14-13(23-14)11-7-4-8-22-11/h3-8,13-15,20-21H,1-2H3. The third-order valence-electron chi connectivity index (χ3n) is 3.74. The zero-order chi connectivity index (χ0) is 16.6. The van der Waals surface area contributed by atoms with Gasteiger partial charge in [-0.15, -0.1) is 0 Å². The van der Waals surface area contributed by atoms with Gasteiger partial charge in [0.15, 0.2) is 6.10 Å². The molecule has 0 bridgehead atoms. The van der Waals surface area contributed by atoms with E-state index < -0.39 is 9.96 Å². The zero-order valence-corrected chi connectivity index (χ0v) is 14.9. The second-order valence-electron chi connectivity index (χ2n) is 5.55. The van der Waals surface area contributed by atoms with Crippen molar-refractivity contribution in [3.8, 4) is 0 Å². The molecule has 1 aliphatic rings. The average molecular weight is 376 g/mol. The van der Waals surface area contributed by atoms with Crippen LogP contribution >= 0.6 is 34.8 Å². The predicted molar refractivity (Wildman–Crippen MR) is 93.1 cm³/mol. The van der Waals surface area contributed by atoms with Crippen LogP contribution in [0.25, 0.3) is 0 Å². The van der Waals surface area contributed by atoms with Gasteiger partial charge in [-0.05, 0) is 37.1 Å². The van der Waals surface area contributed by atoms with Crippen LogP contribution in [-0.4, -0.2) is 16.2 Å². The average Bonchev–Trinajstić information content (AvgIpc) is 3.01. The summed E-state index contributed by atoms with van der Waals surface area (Å²) in [6.45, 7) is 4.01. The lowest BCUT2D eigenvalue weighted by Crippen LogP contribution is -2.48. The van der Waals surface area contributed by atoms with Gasteiger partial charge in [0, 0.05) is 5.69 Å². The van der Waals surface area contributed by atoms with E-state index in [1.165, 1.54) is 0 Å². The van der Waals surface area contributed by atoms with Crippen LogP contribution in [-0.2, 0) is 4.74 Å². The molecule has 3 rings (SSSR count). The molecule has 1 aromatic heterocycles. The van der Waals surface area contributed by atoms with Crippen molar-refractivity contribution >= 4 is 40.5 Å². The summed E-state index contributed by atoms with van der Waals surface area (Å²) >= 11 is 18.4. The first-order chi connectivity index (χ1) is 10.9. The molecule has 2 aromatic rings. The Hall–Kier alpha value is -0.910. The summed E-state index contributed by atoms with van der Waals surface area (Å²) in [5.41, 5.74) is 3.09. The Morgan fingerprint density at radius 1 is 1.09 bits per heavy atom. The van der Waals surface area contributed by atoms with E-state index in [4.69, 9.17) is 44.0 Å². The molecule has 1 fully saturated rings. The van der Waals surface area contributed by atoms with Crippen LogP contribution in [0.3, 0.4) is 0 Å². The minimum atomic E-state index is -1.55. The SMILES string of the molecule is Cc1cccc(C)c1NC(NC1OC1c1ccco1)C(Cl)(Cl)Cl. The number of ether oxygens (including phenoxy) is 1. The predicted octanol–water partition coefficient (Wildman–Crippen LogP) is 4.69. The highest BCUT2D eigenvalue weighted by Gasteiger charge is 2.47. The lowest BCUT2D eigenvalue weighted by molar-refractivity contribution is 0.320. The van der Waals surface area contributed by atoms with Crippen LogP contribution in [0.5, 0.6) is 0 Å². The first-order valence-corrected chi connectivity index (χ1v) is 8.34. The van der Waals surface area contributed by atoms with Crippen LogP contribution in [0.4, 0.5) is 5.69 Å². The van der Waals surface area contributed by atoms with Crippen LogP contribution in [0.1, 0.15) is 23.0 Å². The van der Waals surface area contributed by atoms with Crippen LogP contribution in [0.2, 0.25) is 0 Å². The van der Waals surface area contributed by atoms with Gasteiger partial charge in [-0.2, -0.15) is 0 Å². The van der Waals surface area contributed by atoms with E-state index in [0.717, 1.165) is 22.6 Å². The van der Waals surface area contributed by atoms with Gasteiger partial charge in [-0.3, -0.25) is 5.32 Å². The number of benzene rings is 1. The number of hydrogen-bond acceptors (Lipinski definition) is 4. The third-order valence-corrected chi connectivity index (χ3v) is 4.40. The highest BCUT2D eigenvalue weighted by atomic mass is 35.6. The van der Waals surface area contributed by atoms with Crippen molar-refractivity contribution in [2.24, 2.45) is 0 Å². The van der Waals surface area contributed by atoms with Gasteiger partial charge in [0.2, 0.25) is 3.79 Å². The number of rotatable bonds is 5. The second-order valence-corrected chi connectivity index (χ2v) is 7.91. The Morgan fingerprint density at radius 3 is 2.35 bits per heavy atom. The molecule has 2 heterocycles. The first kappa shape index (κ1) is 16.9. The van der Waals surface area contributed by atoms with E-state index >= 15 is 0 Å². The summed E-state index contributed by atoms with van der Waals surface area (Å²) in [5.74, 6) is 0.748. The number of nitrogens with one attached hydrogen (secondary N) is 2. The molecule has 0 spiro atoms. The Balaban J connectivity index is 1.72. The molecular formula is C16H17Cl3N2O2. The highest BCUT2D eigenvalue weighted by Crippen LogP contribution is 2.40. The molecule has 23 heavy (non-hydrogen) atoms. The highest BCUT2D eigenvalue weighted by molar-refractivity contribution is 6.68. The number of anilines is 1. The molecule has 124 valence electrons. The minimum Gasteiger partial charge on any atom is -0.466 e. The molecule has 1 aromatic carbocycles. The van der Waals surface area contributed by atoms with Gasteiger partial charge in [-0.1, -0.05) is 53.0 Å². The zero-order valence-electron chi connectivity index (χ0n) is 12.6. The van der Waals surface area contributed by atoms with E-state index in [9.17, 15) is 0 Å². The Bertz CT molecular complexity index is 650. The molecule has 0 radical (unpaired) electrons. The van der Waals surface area contributed by atoms with Crippen LogP contribution in [0, 0.1) is 13.8 Å². The molecule has 0 saturated carbocycles. The fourth-order valence-corrected chi connectivity index (χ4v) is 2.83. The number of epoxide rings is 1. The smallest absolute Gasteiger partial charge is 0.223 e. The van der Waals surface area contributed by atoms with Crippen LogP contribution < -0.4 is 10.6 Å². The second kappa shape index (κ2) is 6.54. The van der Waals surface area contributed by atoms with Crippen molar-refractivity contribution in [2.45, 2.75) is 36.1 Å². The number of furan rings is 1. The molecule has 3 atom stereocenters. The van der Waals surface area contributed by atoms with E-state index in [2.05, 4.69) is 10.6 Å². The fourth-order valence-electron chi connectivity index (χ4n) is 2.48. The molecule has 1 aliphatic heterocycles. The number of halogens is 3. The summed E-state index contributed by atoms with van der Waals surface area (Å²) in [6.07, 6.45) is 0.561. The Kier molecular flexibility index (Phi) is 4.81. The summed E-state index contributed by atoms with van der Waals surface area (Å²) in [5, 5.41) is 6.46. The van der Waals surface area contributed by atoms with E-state index in [-0.39, 0.29) is 12.3 Å². The lowest BCUT2D eigenvalue weighted by Gasteiger charge is -2.28. The molecular weight excluding hydrogens is 359 g/mol. The molecule has 7 heteroatoms. The molecule has 2 N–H and O–H groups in total. The summed E-state index contributed by atoms with van der Waals surface area (Å²) in [6, 6.07) is 9.67. The quantitative estimate of drug-likeness (QED) is 0.452. The maximum atomic E-state index is 6.13. The topological polar surface area (TPSA) is 49.7 Å². The van der Waals surface area contributed by atoms with Gasteiger partial charge in [0.05, 0.1) is 6.26 Å². The third kappa shape index (κ3) is 3.95. The van der Waals surface area contributed by atoms with Crippen molar-refractivity contribution in [1.29, 1.82) is 0 Å². The molecule has 3 unspecified atom stereocenters. The Labute approximate surface area is 150 Å². The maximum absolute atomic E-state index is 6.13.